The summed E-state index contributed by atoms with van der Waals surface area (Å²) >= 11 is 0. The van der Waals surface area contributed by atoms with Gasteiger partial charge < -0.3 is 14.5 Å². The summed E-state index contributed by atoms with van der Waals surface area (Å²) in [6.07, 6.45) is 21.3. The Morgan fingerprint density at radius 2 is 1.27 bits per heavy atom. The summed E-state index contributed by atoms with van der Waals surface area (Å²) in [5.41, 5.74) is 21.0. The van der Waals surface area contributed by atoms with Crippen molar-refractivity contribution in [3.63, 3.8) is 0 Å². The van der Waals surface area contributed by atoms with Gasteiger partial charge in [0.05, 0.1) is 5.69 Å². The van der Waals surface area contributed by atoms with Crippen LogP contribution >= 0.6 is 0 Å². The Labute approximate surface area is 377 Å². The normalized spacial score (nSPS) is 17.2. The van der Waals surface area contributed by atoms with E-state index < -0.39 is 0 Å². The van der Waals surface area contributed by atoms with Crippen molar-refractivity contribution in [3.05, 3.63) is 245 Å². The number of nitrogens with zero attached hydrogens (tertiary/aromatic N) is 2. The van der Waals surface area contributed by atoms with Crippen LogP contribution in [0.1, 0.15) is 84.4 Å². The molecule has 7 aromatic rings. The Hall–Kier alpha value is -7.36. The number of para-hydroxylation sites is 1. The number of hydrogen-bond donors (Lipinski definition) is 0. The second kappa shape index (κ2) is 15.5. The van der Waals surface area contributed by atoms with Gasteiger partial charge >= 0.3 is 0 Å². The Morgan fingerprint density at radius 1 is 0.547 bits per heavy atom. The number of allylic oxidation sites excluding steroid dienone is 8. The molecule has 1 heterocycles. The zero-order chi connectivity index (χ0) is 42.8. The lowest BCUT2D eigenvalue weighted by Crippen LogP contribution is -2.19. The highest BCUT2D eigenvalue weighted by molar-refractivity contribution is 5.96. The number of anilines is 5. The van der Waals surface area contributed by atoms with E-state index in [0.29, 0.717) is 5.92 Å². The van der Waals surface area contributed by atoms with Crippen molar-refractivity contribution in [2.45, 2.75) is 57.3 Å². The number of fused-ring (bicyclic) bond motifs is 5. The summed E-state index contributed by atoms with van der Waals surface area (Å²) in [4.78, 5) is 4.85. The first-order chi connectivity index (χ1) is 31.5. The van der Waals surface area contributed by atoms with Crippen LogP contribution in [-0.2, 0) is 11.8 Å². The number of hydrogen-bond acceptors (Lipinski definition) is 3. The topological polar surface area (TPSA) is 15.7 Å². The molecule has 7 aromatic carbocycles. The summed E-state index contributed by atoms with van der Waals surface area (Å²) in [7, 11) is 0. The van der Waals surface area contributed by atoms with E-state index >= 15 is 0 Å². The van der Waals surface area contributed by atoms with Crippen molar-refractivity contribution in [1.29, 1.82) is 0 Å². The van der Waals surface area contributed by atoms with E-state index in [-0.39, 0.29) is 5.41 Å². The molecular weight excluding hydrogens is 777 g/mol. The fourth-order valence-corrected chi connectivity index (χ4v) is 10.9. The van der Waals surface area contributed by atoms with Crippen molar-refractivity contribution < 1.29 is 4.74 Å². The first-order valence-electron chi connectivity index (χ1n) is 23.0. The van der Waals surface area contributed by atoms with Crippen LogP contribution in [0.5, 0.6) is 11.5 Å². The number of benzene rings is 7. The molecule has 5 aliphatic rings. The van der Waals surface area contributed by atoms with E-state index in [1.54, 1.807) is 0 Å². The maximum Gasteiger partial charge on any atom is 0.137 e. The SMILES string of the molecule is CC1(C)c2ccccc2-c2ccc(N(c3ccc(C4=CCC(c5ccccc5)C=C4)cc3)c3ccc4c5c3CCC=C5c3ccc(N(C5=CCCC=C5)c5ccccc5)cc3O4)cc21. The van der Waals surface area contributed by atoms with Crippen molar-refractivity contribution in [1.82, 2.24) is 0 Å². The number of rotatable bonds is 8. The van der Waals surface area contributed by atoms with E-state index in [4.69, 9.17) is 4.74 Å². The molecule has 0 radical (unpaired) electrons. The molecule has 12 rings (SSSR count). The summed E-state index contributed by atoms with van der Waals surface area (Å²) in [5.74, 6) is 2.23. The van der Waals surface area contributed by atoms with E-state index in [1.807, 2.05) is 0 Å². The average molecular weight is 827 g/mol. The quantitative estimate of drug-likeness (QED) is 0.152. The minimum absolute atomic E-state index is 0.120. The van der Waals surface area contributed by atoms with Gasteiger partial charge in [0, 0.05) is 57.0 Å². The second-order valence-corrected chi connectivity index (χ2v) is 18.2. The molecule has 3 nitrogen and oxygen atoms in total. The van der Waals surface area contributed by atoms with Gasteiger partial charge in [-0.15, -0.1) is 0 Å². The smallest absolute Gasteiger partial charge is 0.137 e. The zero-order valence-electron chi connectivity index (χ0n) is 36.5. The predicted octanol–water partition coefficient (Wildman–Crippen LogP) is 16.4. The van der Waals surface area contributed by atoms with Crippen molar-refractivity contribution in [3.8, 4) is 22.6 Å². The van der Waals surface area contributed by atoms with Crippen LogP contribution in [0.3, 0.4) is 0 Å². The molecule has 0 saturated heterocycles. The average Bonchev–Trinajstić information content (AvgIpc) is 3.58. The van der Waals surface area contributed by atoms with Gasteiger partial charge in [0.25, 0.3) is 0 Å². The van der Waals surface area contributed by atoms with Crippen LogP contribution in [0, 0.1) is 0 Å². The van der Waals surface area contributed by atoms with E-state index in [2.05, 4.69) is 224 Å². The summed E-state index contributed by atoms with van der Waals surface area (Å²) in [6.45, 7) is 4.74. The molecule has 0 fully saturated rings. The Kier molecular flexibility index (Phi) is 9.26. The van der Waals surface area contributed by atoms with Crippen LogP contribution in [0.15, 0.2) is 206 Å². The van der Waals surface area contributed by atoms with Crippen molar-refractivity contribution in [2.75, 3.05) is 9.80 Å². The fraction of sp³-hybridized carbons (Fsp3) is 0.148. The van der Waals surface area contributed by atoms with Crippen LogP contribution in [-0.4, -0.2) is 0 Å². The van der Waals surface area contributed by atoms with Crippen LogP contribution < -0.4 is 14.5 Å². The van der Waals surface area contributed by atoms with Crippen LogP contribution in [0.4, 0.5) is 28.4 Å². The first kappa shape index (κ1) is 38.3. The second-order valence-electron chi connectivity index (χ2n) is 18.2. The lowest BCUT2D eigenvalue weighted by Gasteiger charge is -2.35. The first-order valence-corrected chi connectivity index (χ1v) is 23.0. The molecule has 3 heteroatoms. The minimum atomic E-state index is -0.120. The van der Waals surface area contributed by atoms with E-state index in [1.165, 1.54) is 67.0 Å². The molecule has 0 amide bonds. The van der Waals surface area contributed by atoms with Crippen molar-refractivity contribution >= 4 is 39.6 Å². The molecule has 0 spiro atoms. The molecular formula is C61H50N2O. The summed E-state index contributed by atoms with van der Waals surface area (Å²) in [5, 5.41) is 0. The van der Waals surface area contributed by atoms with E-state index in [0.717, 1.165) is 71.9 Å². The summed E-state index contributed by atoms with van der Waals surface area (Å²) in [6, 6.07) is 58.1. The van der Waals surface area contributed by atoms with Gasteiger partial charge in [-0.05, 0) is 149 Å². The molecule has 1 aliphatic heterocycles. The van der Waals surface area contributed by atoms with Gasteiger partial charge in [-0.3, -0.25) is 0 Å². The Bertz CT molecular complexity index is 3130. The molecule has 1 atom stereocenters. The molecule has 1 unspecified atom stereocenters. The molecule has 0 bridgehead atoms. The van der Waals surface area contributed by atoms with Crippen LogP contribution in [0.2, 0.25) is 0 Å². The maximum atomic E-state index is 6.99. The predicted molar refractivity (Wildman–Crippen MR) is 267 cm³/mol. The van der Waals surface area contributed by atoms with Crippen LogP contribution in [0.25, 0.3) is 22.3 Å². The third kappa shape index (κ3) is 6.41. The van der Waals surface area contributed by atoms with Gasteiger partial charge in [0.1, 0.15) is 11.5 Å². The molecule has 64 heavy (non-hydrogen) atoms. The van der Waals surface area contributed by atoms with Gasteiger partial charge in [0.15, 0.2) is 0 Å². The largest absolute Gasteiger partial charge is 0.456 e. The van der Waals surface area contributed by atoms with Crippen molar-refractivity contribution in [2.24, 2.45) is 0 Å². The zero-order valence-corrected chi connectivity index (χ0v) is 36.5. The third-order valence-corrected chi connectivity index (χ3v) is 14.1. The molecule has 0 N–H and O–H groups in total. The standard InChI is InChI=1S/C61H50N2O/c1-61(2)55-24-13-12-21-50(55)51-35-33-48(39-56(51)61)63(47-31-29-44(30-32-47)43-27-25-42(26-28-43)41-15-6-3-7-16-41)57-37-38-58-60-53(22-14-23-54(57)60)52-36-34-49(40-59(52)64-58)62(45-17-8-4-9-18-45)46-19-10-5-11-20-46/h3-4,6-10,12-13,15-22,24-25,27-40,42H,5,11,14,23,26H2,1-2H3. The minimum Gasteiger partial charge on any atom is -0.456 e. The highest BCUT2D eigenvalue weighted by Gasteiger charge is 2.37. The molecule has 0 saturated carbocycles. The fourth-order valence-electron chi connectivity index (χ4n) is 10.9. The van der Waals surface area contributed by atoms with Gasteiger partial charge in [-0.25, -0.2) is 0 Å². The van der Waals surface area contributed by atoms with Gasteiger partial charge in [-0.2, -0.15) is 0 Å². The Morgan fingerprint density at radius 3 is 2.05 bits per heavy atom. The van der Waals surface area contributed by atoms with Gasteiger partial charge in [0.2, 0.25) is 0 Å². The molecule has 4 aliphatic carbocycles. The lowest BCUT2D eigenvalue weighted by molar-refractivity contribution is 0.472. The third-order valence-electron chi connectivity index (χ3n) is 14.1. The lowest BCUT2D eigenvalue weighted by atomic mass is 9.82. The number of ether oxygens (including phenoxy) is 1. The Balaban J connectivity index is 0.941. The maximum absolute atomic E-state index is 6.99. The highest BCUT2D eigenvalue weighted by atomic mass is 16.5. The van der Waals surface area contributed by atoms with Gasteiger partial charge in [-0.1, -0.05) is 141 Å². The van der Waals surface area contributed by atoms with E-state index in [9.17, 15) is 0 Å². The molecule has 310 valence electrons. The summed E-state index contributed by atoms with van der Waals surface area (Å²) < 4.78 is 6.99. The molecule has 0 aromatic heterocycles. The monoisotopic (exact) mass is 826 g/mol. The highest BCUT2D eigenvalue weighted by Crippen LogP contribution is 2.54.